The first-order valence-corrected chi connectivity index (χ1v) is 6.50. The van der Waals surface area contributed by atoms with Gasteiger partial charge in [-0.2, -0.15) is 0 Å². The zero-order valence-electron chi connectivity index (χ0n) is 11.6. The van der Waals surface area contributed by atoms with Crippen LogP contribution in [-0.2, 0) is 14.2 Å². The minimum absolute atomic E-state index is 0.0921. The number of ether oxygens (including phenoxy) is 3. The Morgan fingerprint density at radius 3 is 2.65 bits per heavy atom. The van der Waals surface area contributed by atoms with Gasteiger partial charge >= 0.3 is 0 Å². The maximum Gasteiger partial charge on any atom is 0.0813 e. The van der Waals surface area contributed by atoms with Crippen LogP contribution in [0.4, 0.5) is 0 Å². The molecule has 2 atom stereocenters. The van der Waals surface area contributed by atoms with Crippen LogP contribution in [0.1, 0.15) is 33.1 Å². The van der Waals surface area contributed by atoms with Crippen LogP contribution >= 0.6 is 0 Å². The van der Waals surface area contributed by atoms with Crippen molar-refractivity contribution >= 4 is 0 Å². The van der Waals surface area contributed by atoms with Gasteiger partial charge in [0.25, 0.3) is 0 Å². The molecule has 17 heavy (non-hydrogen) atoms. The first-order chi connectivity index (χ1) is 8.07. The third kappa shape index (κ3) is 5.82. The summed E-state index contributed by atoms with van der Waals surface area (Å²) in [6, 6.07) is 0. The summed E-state index contributed by atoms with van der Waals surface area (Å²) in [6.45, 7) is 6.53. The maximum atomic E-state index is 5.84. The van der Waals surface area contributed by atoms with Crippen molar-refractivity contribution in [3.63, 3.8) is 0 Å². The Balaban J connectivity index is 2.04. The van der Waals surface area contributed by atoms with Crippen LogP contribution in [0.25, 0.3) is 0 Å². The fourth-order valence-corrected chi connectivity index (χ4v) is 1.92. The topological polar surface area (TPSA) is 39.7 Å². The number of likely N-dealkylation sites (N-methyl/N-ethyl adjacent to an activating group) is 1. The van der Waals surface area contributed by atoms with Gasteiger partial charge in [-0.05, 0) is 40.2 Å². The lowest BCUT2D eigenvalue weighted by atomic mass is 10.1. The highest BCUT2D eigenvalue weighted by atomic mass is 16.5. The second-order valence-corrected chi connectivity index (χ2v) is 5.30. The molecular formula is C13H27NO3. The lowest BCUT2D eigenvalue weighted by Crippen LogP contribution is -2.27. The van der Waals surface area contributed by atoms with Crippen LogP contribution in [0.15, 0.2) is 0 Å². The van der Waals surface area contributed by atoms with Gasteiger partial charge in [0, 0.05) is 20.3 Å². The Labute approximate surface area is 105 Å². The fraction of sp³-hybridized carbons (Fsp3) is 1.00. The lowest BCUT2D eigenvalue weighted by molar-refractivity contribution is -0.0399. The van der Waals surface area contributed by atoms with E-state index in [2.05, 4.69) is 19.2 Å². The van der Waals surface area contributed by atoms with Crippen molar-refractivity contribution in [2.24, 2.45) is 0 Å². The smallest absolute Gasteiger partial charge is 0.0813 e. The zero-order chi connectivity index (χ0) is 12.7. The Bertz CT molecular complexity index is 209. The van der Waals surface area contributed by atoms with Crippen LogP contribution in [0, 0.1) is 0 Å². The van der Waals surface area contributed by atoms with Crippen molar-refractivity contribution in [1.29, 1.82) is 0 Å². The summed E-state index contributed by atoms with van der Waals surface area (Å²) in [5.41, 5.74) is -0.0921. The number of nitrogens with one attached hydrogen (secondary N) is 1. The number of hydrogen-bond donors (Lipinski definition) is 1. The third-order valence-electron chi connectivity index (χ3n) is 3.33. The molecule has 0 amide bonds. The molecule has 0 aromatic carbocycles. The molecule has 1 saturated heterocycles. The third-order valence-corrected chi connectivity index (χ3v) is 3.33. The quantitative estimate of drug-likeness (QED) is 0.659. The van der Waals surface area contributed by atoms with Gasteiger partial charge < -0.3 is 19.5 Å². The maximum absolute atomic E-state index is 5.84. The molecule has 2 unspecified atom stereocenters. The van der Waals surface area contributed by atoms with Crippen LogP contribution in [0.3, 0.4) is 0 Å². The van der Waals surface area contributed by atoms with E-state index in [1.807, 2.05) is 7.05 Å². The largest absolute Gasteiger partial charge is 0.379 e. The summed E-state index contributed by atoms with van der Waals surface area (Å²) in [4.78, 5) is 0. The average molecular weight is 245 g/mol. The SMILES string of the molecule is CNCC1CCC(COCCC(C)(C)OC)O1. The summed E-state index contributed by atoms with van der Waals surface area (Å²) in [5, 5.41) is 3.14. The second kappa shape index (κ2) is 7.31. The molecule has 1 N–H and O–H groups in total. The van der Waals surface area contributed by atoms with E-state index in [4.69, 9.17) is 14.2 Å². The van der Waals surface area contributed by atoms with Crippen LogP contribution in [0.5, 0.6) is 0 Å². The first-order valence-electron chi connectivity index (χ1n) is 6.50. The monoisotopic (exact) mass is 245 g/mol. The summed E-state index contributed by atoms with van der Waals surface area (Å²) in [6.07, 6.45) is 3.80. The van der Waals surface area contributed by atoms with E-state index in [1.54, 1.807) is 7.11 Å². The highest BCUT2D eigenvalue weighted by Gasteiger charge is 2.25. The lowest BCUT2D eigenvalue weighted by Gasteiger charge is -2.23. The Morgan fingerprint density at radius 2 is 2.00 bits per heavy atom. The van der Waals surface area contributed by atoms with Crippen molar-refractivity contribution in [1.82, 2.24) is 5.32 Å². The van der Waals surface area contributed by atoms with Crippen molar-refractivity contribution in [3.8, 4) is 0 Å². The molecule has 102 valence electrons. The van der Waals surface area contributed by atoms with E-state index < -0.39 is 0 Å². The van der Waals surface area contributed by atoms with Crippen molar-refractivity contribution in [2.75, 3.05) is 33.9 Å². The zero-order valence-corrected chi connectivity index (χ0v) is 11.6. The predicted molar refractivity (Wildman–Crippen MR) is 68.3 cm³/mol. The number of methoxy groups -OCH3 is 1. The average Bonchev–Trinajstić information content (AvgIpc) is 2.73. The van der Waals surface area contributed by atoms with Gasteiger partial charge in [-0.25, -0.2) is 0 Å². The molecule has 1 aliphatic heterocycles. The summed E-state index contributed by atoms with van der Waals surface area (Å²) in [7, 11) is 3.70. The molecule has 1 rings (SSSR count). The van der Waals surface area contributed by atoms with Gasteiger partial charge in [-0.1, -0.05) is 0 Å². The van der Waals surface area contributed by atoms with E-state index in [9.17, 15) is 0 Å². The summed E-state index contributed by atoms with van der Waals surface area (Å²) >= 11 is 0. The minimum atomic E-state index is -0.0921. The van der Waals surface area contributed by atoms with Crippen molar-refractivity contribution in [2.45, 2.75) is 50.9 Å². The number of hydrogen-bond acceptors (Lipinski definition) is 4. The highest BCUT2D eigenvalue weighted by Crippen LogP contribution is 2.20. The summed E-state index contributed by atoms with van der Waals surface area (Å²) in [5.74, 6) is 0. The first kappa shape index (κ1) is 14.9. The van der Waals surface area contributed by atoms with Gasteiger partial charge in [0.1, 0.15) is 0 Å². The van der Waals surface area contributed by atoms with Crippen LogP contribution in [0.2, 0.25) is 0 Å². The molecule has 0 radical (unpaired) electrons. The van der Waals surface area contributed by atoms with E-state index in [0.29, 0.717) is 12.7 Å². The normalized spacial score (nSPS) is 25.4. The Hall–Kier alpha value is -0.160. The van der Waals surface area contributed by atoms with Gasteiger partial charge in [0.15, 0.2) is 0 Å². The number of rotatable bonds is 8. The molecule has 0 bridgehead atoms. The molecule has 1 fully saturated rings. The Morgan fingerprint density at radius 1 is 1.29 bits per heavy atom. The molecule has 4 heteroatoms. The van der Waals surface area contributed by atoms with E-state index >= 15 is 0 Å². The van der Waals surface area contributed by atoms with Crippen molar-refractivity contribution < 1.29 is 14.2 Å². The Kier molecular flexibility index (Phi) is 6.41. The fourth-order valence-electron chi connectivity index (χ4n) is 1.92. The van der Waals surface area contributed by atoms with Gasteiger partial charge in [-0.15, -0.1) is 0 Å². The molecule has 0 aromatic rings. The van der Waals surface area contributed by atoms with E-state index in [0.717, 1.165) is 32.4 Å². The highest BCUT2D eigenvalue weighted by molar-refractivity contribution is 4.74. The van der Waals surface area contributed by atoms with Crippen LogP contribution < -0.4 is 5.32 Å². The molecule has 0 saturated carbocycles. The van der Waals surface area contributed by atoms with Crippen LogP contribution in [-0.4, -0.2) is 51.7 Å². The van der Waals surface area contributed by atoms with E-state index in [1.165, 1.54) is 0 Å². The van der Waals surface area contributed by atoms with Gasteiger partial charge in [0.2, 0.25) is 0 Å². The molecule has 1 aliphatic rings. The standard InChI is InChI=1S/C13H27NO3/c1-13(2,15-4)7-8-16-10-12-6-5-11(17-12)9-14-3/h11-12,14H,5-10H2,1-4H3. The molecule has 0 aliphatic carbocycles. The predicted octanol–water partition coefficient (Wildman–Crippen LogP) is 1.59. The van der Waals surface area contributed by atoms with Gasteiger partial charge in [-0.3, -0.25) is 0 Å². The molecule has 0 spiro atoms. The molecule has 1 heterocycles. The van der Waals surface area contributed by atoms with Crippen molar-refractivity contribution in [3.05, 3.63) is 0 Å². The summed E-state index contributed by atoms with van der Waals surface area (Å²) < 4.78 is 16.8. The molecular weight excluding hydrogens is 218 g/mol. The molecule has 4 nitrogen and oxygen atoms in total. The molecule has 0 aromatic heterocycles. The van der Waals surface area contributed by atoms with Gasteiger partial charge in [0.05, 0.1) is 24.4 Å². The second-order valence-electron chi connectivity index (χ2n) is 5.30. The minimum Gasteiger partial charge on any atom is -0.379 e. The van der Waals surface area contributed by atoms with E-state index in [-0.39, 0.29) is 11.7 Å².